The van der Waals surface area contributed by atoms with Crippen molar-refractivity contribution in [1.29, 1.82) is 0 Å². The molecule has 0 saturated carbocycles. The van der Waals surface area contributed by atoms with Gasteiger partial charge in [-0.3, -0.25) is 0 Å². The van der Waals surface area contributed by atoms with E-state index in [1.165, 1.54) is 6.07 Å². The predicted octanol–water partition coefficient (Wildman–Crippen LogP) is -7.08. The topological polar surface area (TPSA) is 127 Å². The molecule has 94 valence electrons. The van der Waals surface area contributed by atoms with Crippen LogP contribution in [-0.4, -0.2) is 24.0 Å². The molecule has 0 heterocycles. The Kier molecular flexibility index (Phi) is 10.4. The van der Waals surface area contributed by atoms with E-state index < -0.39 is 27.9 Å². The van der Waals surface area contributed by atoms with E-state index in [0.29, 0.717) is 5.56 Å². The molecule has 0 aromatic heterocycles. The van der Waals surface area contributed by atoms with Gasteiger partial charge in [-0.05, 0) is 30.5 Å². The summed E-state index contributed by atoms with van der Waals surface area (Å²) in [7, 11) is -4.99. The summed E-state index contributed by atoms with van der Waals surface area (Å²) in [6.45, 7) is 0. The van der Waals surface area contributed by atoms with Gasteiger partial charge in [0.1, 0.15) is 0 Å². The van der Waals surface area contributed by atoms with Crippen molar-refractivity contribution in [3.8, 4) is 11.5 Å². The van der Waals surface area contributed by atoms with Crippen molar-refractivity contribution in [3.63, 3.8) is 0 Å². The second kappa shape index (κ2) is 9.19. The van der Waals surface area contributed by atoms with E-state index in [2.05, 4.69) is 4.18 Å². The van der Waals surface area contributed by atoms with E-state index in [4.69, 9.17) is 0 Å². The molecule has 7 nitrogen and oxygen atoms in total. The molecule has 0 aliphatic heterocycles. The van der Waals surface area contributed by atoms with Gasteiger partial charge >= 0.3 is 59.1 Å². The molecule has 0 aliphatic carbocycles. The van der Waals surface area contributed by atoms with Gasteiger partial charge in [0.2, 0.25) is 0 Å². The molecule has 0 saturated heterocycles. The average Bonchev–Trinajstić information content (AvgIpc) is 2.17. The fourth-order valence-corrected chi connectivity index (χ4v) is 1.49. The summed E-state index contributed by atoms with van der Waals surface area (Å²) < 4.78 is 35.0. The van der Waals surface area contributed by atoms with Crippen LogP contribution < -0.4 is 68.4 Å². The van der Waals surface area contributed by atoms with Gasteiger partial charge in [-0.25, -0.2) is 8.42 Å². The fraction of sp³-hybridized carbons (Fsp3) is 0.222. The molecule has 0 fully saturated rings. The third-order valence-corrected chi connectivity index (χ3v) is 2.22. The first-order chi connectivity index (χ1) is 7.78. The van der Waals surface area contributed by atoms with Crippen molar-refractivity contribution >= 4 is 16.4 Å². The summed E-state index contributed by atoms with van der Waals surface area (Å²) >= 11 is 0. The van der Waals surface area contributed by atoms with E-state index in [-0.39, 0.29) is 72.0 Å². The van der Waals surface area contributed by atoms with Crippen LogP contribution in [0.25, 0.3) is 0 Å². The number of phenolic OH excluding ortho intramolecular Hbond substituents is 1. The molecule has 19 heavy (non-hydrogen) atoms. The number of hydrogen-bond donors (Lipinski definition) is 1. The van der Waals surface area contributed by atoms with Crippen LogP contribution in [0, 0.1) is 0 Å². The van der Waals surface area contributed by atoms with E-state index in [1.807, 2.05) is 0 Å². The maximum absolute atomic E-state index is 10.3. The molecule has 0 radical (unpaired) electrons. The first-order valence-corrected chi connectivity index (χ1v) is 5.78. The predicted molar refractivity (Wildman–Crippen MR) is 51.8 cm³/mol. The molecule has 0 spiro atoms. The van der Waals surface area contributed by atoms with Crippen LogP contribution in [0.2, 0.25) is 0 Å². The van der Waals surface area contributed by atoms with Crippen LogP contribution in [0.4, 0.5) is 0 Å². The van der Waals surface area contributed by atoms with Crippen molar-refractivity contribution in [3.05, 3.63) is 23.8 Å². The monoisotopic (exact) mass is 306 g/mol. The van der Waals surface area contributed by atoms with Crippen molar-refractivity contribution in [2.75, 3.05) is 0 Å². The smallest absolute Gasteiger partial charge is 0.716 e. The summed E-state index contributed by atoms with van der Waals surface area (Å²) in [4.78, 5) is 10.2. The summed E-state index contributed by atoms with van der Waals surface area (Å²) in [6.07, 6.45) is -0.202. The SMILES string of the molecule is O=C([O-])CCc1ccc(O)c(OS(=O)(=O)[O-])c1.[Na+].[Na+]. The number of benzene rings is 1. The number of aromatic hydroxyl groups is 1. The molecule has 10 heteroatoms. The van der Waals surface area contributed by atoms with Crippen molar-refractivity contribution < 1.29 is 91.3 Å². The van der Waals surface area contributed by atoms with E-state index in [9.17, 15) is 28.0 Å². The summed E-state index contributed by atoms with van der Waals surface area (Å²) in [6, 6.07) is 3.56. The molecule has 0 unspecified atom stereocenters. The Morgan fingerprint density at radius 3 is 2.37 bits per heavy atom. The third kappa shape index (κ3) is 8.87. The molecular weight excluding hydrogens is 298 g/mol. The first kappa shape index (κ1) is 21.5. The molecular formula is C9H8Na2O7S. The quantitative estimate of drug-likeness (QED) is 0.325. The van der Waals surface area contributed by atoms with E-state index in [0.717, 1.165) is 12.1 Å². The van der Waals surface area contributed by atoms with Crippen molar-refractivity contribution in [1.82, 2.24) is 0 Å². The molecule has 0 bridgehead atoms. The zero-order valence-corrected chi connectivity index (χ0v) is 15.3. The number of aliphatic carboxylic acids is 1. The zero-order chi connectivity index (χ0) is 13.1. The maximum atomic E-state index is 10.3. The third-order valence-electron chi connectivity index (χ3n) is 1.83. The molecule has 0 atom stereocenters. The van der Waals surface area contributed by atoms with Gasteiger partial charge < -0.3 is 23.7 Å². The molecule has 0 aliphatic rings. The summed E-state index contributed by atoms with van der Waals surface area (Å²) in [5.41, 5.74) is 0.394. The molecule has 1 rings (SSSR count). The number of carbonyl (C=O) groups excluding carboxylic acids is 1. The van der Waals surface area contributed by atoms with Crippen LogP contribution in [0.15, 0.2) is 18.2 Å². The van der Waals surface area contributed by atoms with Gasteiger partial charge in [-0.1, -0.05) is 6.07 Å². The second-order valence-corrected chi connectivity index (χ2v) is 4.15. The van der Waals surface area contributed by atoms with Gasteiger partial charge in [-0.2, -0.15) is 0 Å². The minimum absolute atomic E-state index is 0. The number of phenols is 1. The summed E-state index contributed by atoms with van der Waals surface area (Å²) in [5, 5.41) is 19.4. The normalized spacial score (nSPS) is 9.95. The Morgan fingerprint density at radius 1 is 1.32 bits per heavy atom. The minimum Gasteiger partial charge on any atom is -0.716 e. The largest absolute Gasteiger partial charge is 1.00 e. The number of carboxylic acid groups (broad SMARTS) is 1. The number of carboxylic acids is 1. The van der Waals surface area contributed by atoms with Crippen LogP contribution in [0.1, 0.15) is 12.0 Å². The Labute approximate surface area is 154 Å². The Morgan fingerprint density at radius 2 is 1.89 bits per heavy atom. The average molecular weight is 306 g/mol. The molecule has 1 N–H and O–H groups in total. The molecule has 1 aromatic rings. The van der Waals surface area contributed by atoms with Crippen LogP contribution >= 0.6 is 0 Å². The van der Waals surface area contributed by atoms with Gasteiger partial charge in [0.25, 0.3) is 10.4 Å². The molecule has 0 amide bonds. The number of aryl methyl sites for hydroxylation is 1. The molecule has 1 aromatic carbocycles. The van der Waals surface area contributed by atoms with Gasteiger partial charge in [-0.15, -0.1) is 0 Å². The Balaban J connectivity index is 0. The number of rotatable bonds is 5. The Hall–Kier alpha value is 0.200. The van der Waals surface area contributed by atoms with Crippen LogP contribution in [0.5, 0.6) is 11.5 Å². The number of hydrogen-bond acceptors (Lipinski definition) is 7. The second-order valence-electron chi connectivity index (χ2n) is 3.17. The fourth-order valence-electron chi connectivity index (χ4n) is 1.14. The van der Waals surface area contributed by atoms with Gasteiger partial charge in [0.15, 0.2) is 11.5 Å². The zero-order valence-electron chi connectivity index (χ0n) is 10.5. The maximum Gasteiger partial charge on any atom is 1.00 e. The number of carbonyl (C=O) groups is 1. The minimum atomic E-state index is -4.99. The van der Waals surface area contributed by atoms with Gasteiger partial charge in [0.05, 0.1) is 0 Å². The van der Waals surface area contributed by atoms with Crippen molar-refractivity contribution in [2.45, 2.75) is 12.8 Å². The van der Waals surface area contributed by atoms with Crippen LogP contribution in [0.3, 0.4) is 0 Å². The van der Waals surface area contributed by atoms with Crippen molar-refractivity contribution in [2.24, 2.45) is 0 Å². The van der Waals surface area contributed by atoms with Crippen LogP contribution in [-0.2, 0) is 21.6 Å². The first-order valence-electron chi connectivity index (χ1n) is 4.45. The van der Waals surface area contributed by atoms with E-state index in [1.54, 1.807) is 0 Å². The summed E-state index contributed by atoms with van der Waals surface area (Å²) in [5.74, 6) is -2.32. The van der Waals surface area contributed by atoms with E-state index >= 15 is 0 Å². The Bertz CT molecular complexity index is 529. The standard InChI is InChI=1S/C9H10O7S.2Na/c10-7-3-1-6(2-4-9(11)12)5-8(7)16-17(13,14)15;;/h1,3,5,10H,2,4H2,(H,11,12)(H,13,14,15);;/q;2*+1/p-2. The van der Waals surface area contributed by atoms with Gasteiger partial charge in [0, 0.05) is 5.97 Å².